The second kappa shape index (κ2) is 5.84. The molecule has 3 nitrogen and oxygen atoms in total. The monoisotopic (exact) mass is 249 g/mol. The second-order valence-corrected chi connectivity index (χ2v) is 4.28. The standard InChI is InChI=1S/C13H16ClN3/c1-2-15-8-12-4-3-7-17(12)10-11-5-6-16-9-13(11)14/h3-7,9,15H,2,8,10H2,1H3. The van der Waals surface area contributed by atoms with Gasteiger partial charge in [0.2, 0.25) is 0 Å². The van der Waals surface area contributed by atoms with Crippen molar-refractivity contribution in [1.29, 1.82) is 0 Å². The van der Waals surface area contributed by atoms with Crippen LogP contribution < -0.4 is 5.32 Å². The molecule has 2 aromatic rings. The van der Waals surface area contributed by atoms with Crippen LogP contribution in [0.1, 0.15) is 18.2 Å². The van der Waals surface area contributed by atoms with E-state index in [0.717, 1.165) is 30.2 Å². The number of hydrogen-bond acceptors (Lipinski definition) is 2. The molecule has 0 radical (unpaired) electrons. The quantitative estimate of drug-likeness (QED) is 0.883. The van der Waals surface area contributed by atoms with Crippen molar-refractivity contribution >= 4 is 11.6 Å². The highest BCUT2D eigenvalue weighted by Gasteiger charge is 2.04. The number of pyridine rings is 1. The first-order valence-electron chi connectivity index (χ1n) is 5.74. The van der Waals surface area contributed by atoms with Gasteiger partial charge in [0, 0.05) is 37.4 Å². The number of nitrogens with one attached hydrogen (secondary N) is 1. The lowest BCUT2D eigenvalue weighted by Crippen LogP contribution is -2.15. The molecule has 0 fully saturated rings. The third kappa shape index (κ3) is 3.08. The molecule has 0 aliphatic carbocycles. The Hall–Kier alpha value is -1.32. The first-order valence-corrected chi connectivity index (χ1v) is 6.12. The van der Waals surface area contributed by atoms with E-state index in [0.29, 0.717) is 0 Å². The van der Waals surface area contributed by atoms with E-state index in [4.69, 9.17) is 11.6 Å². The highest BCUT2D eigenvalue weighted by Crippen LogP contribution is 2.16. The molecule has 0 spiro atoms. The Kier molecular flexibility index (Phi) is 4.18. The minimum Gasteiger partial charge on any atom is -0.346 e. The Balaban J connectivity index is 2.13. The van der Waals surface area contributed by atoms with Gasteiger partial charge in [0.25, 0.3) is 0 Å². The van der Waals surface area contributed by atoms with Gasteiger partial charge in [0.15, 0.2) is 0 Å². The topological polar surface area (TPSA) is 29.9 Å². The van der Waals surface area contributed by atoms with Crippen molar-refractivity contribution < 1.29 is 0 Å². The van der Waals surface area contributed by atoms with Crippen molar-refractivity contribution in [2.45, 2.75) is 20.0 Å². The number of aromatic nitrogens is 2. The average molecular weight is 250 g/mol. The fraction of sp³-hybridized carbons (Fsp3) is 0.308. The summed E-state index contributed by atoms with van der Waals surface area (Å²) in [6.07, 6.45) is 5.53. The van der Waals surface area contributed by atoms with Crippen LogP contribution in [-0.2, 0) is 13.1 Å². The van der Waals surface area contributed by atoms with Crippen LogP contribution >= 0.6 is 11.6 Å². The lowest BCUT2D eigenvalue weighted by Gasteiger charge is -2.10. The van der Waals surface area contributed by atoms with Gasteiger partial charge in [-0.3, -0.25) is 4.98 Å². The van der Waals surface area contributed by atoms with Gasteiger partial charge in [0.1, 0.15) is 0 Å². The van der Waals surface area contributed by atoms with Crippen LogP contribution in [0.15, 0.2) is 36.8 Å². The molecule has 2 aromatic heterocycles. The summed E-state index contributed by atoms with van der Waals surface area (Å²) in [5, 5.41) is 4.04. The minimum absolute atomic E-state index is 0.718. The zero-order valence-corrected chi connectivity index (χ0v) is 10.6. The lowest BCUT2D eigenvalue weighted by molar-refractivity contribution is 0.657. The molecule has 4 heteroatoms. The van der Waals surface area contributed by atoms with Crippen molar-refractivity contribution in [3.63, 3.8) is 0 Å². The Morgan fingerprint density at radius 2 is 2.29 bits per heavy atom. The molecule has 0 saturated heterocycles. The number of halogens is 1. The van der Waals surface area contributed by atoms with E-state index in [9.17, 15) is 0 Å². The van der Waals surface area contributed by atoms with Gasteiger partial charge >= 0.3 is 0 Å². The van der Waals surface area contributed by atoms with E-state index < -0.39 is 0 Å². The maximum Gasteiger partial charge on any atom is 0.0639 e. The zero-order chi connectivity index (χ0) is 12.1. The predicted molar refractivity (Wildman–Crippen MR) is 70.2 cm³/mol. The Labute approximate surface area is 106 Å². The molecular formula is C13H16ClN3. The summed E-state index contributed by atoms with van der Waals surface area (Å²) in [5.74, 6) is 0. The van der Waals surface area contributed by atoms with Crippen LogP contribution in [0.5, 0.6) is 0 Å². The van der Waals surface area contributed by atoms with E-state index in [1.165, 1.54) is 5.69 Å². The fourth-order valence-electron chi connectivity index (χ4n) is 1.73. The lowest BCUT2D eigenvalue weighted by atomic mass is 10.2. The van der Waals surface area contributed by atoms with Gasteiger partial charge in [-0.25, -0.2) is 0 Å². The molecule has 0 amide bonds. The molecule has 0 unspecified atom stereocenters. The molecule has 0 saturated carbocycles. The Morgan fingerprint density at radius 1 is 1.41 bits per heavy atom. The normalized spacial score (nSPS) is 10.7. The summed E-state index contributed by atoms with van der Waals surface area (Å²) in [7, 11) is 0. The summed E-state index contributed by atoms with van der Waals surface area (Å²) in [6, 6.07) is 6.14. The summed E-state index contributed by atoms with van der Waals surface area (Å²) < 4.78 is 2.20. The average Bonchev–Trinajstić information content (AvgIpc) is 2.77. The summed E-state index contributed by atoms with van der Waals surface area (Å²) in [5.41, 5.74) is 2.36. The molecule has 0 aliphatic rings. The summed E-state index contributed by atoms with van der Waals surface area (Å²) >= 11 is 6.11. The molecule has 2 heterocycles. The molecule has 0 atom stereocenters. The molecule has 0 aromatic carbocycles. The van der Waals surface area contributed by atoms with Crippen molar-refractivity contribution in [2.24, 2.45) is 0 Å². The molecule has 0 aliphatic heterocycles. The first-order chi connectivity index (χ1) is 8.31. The summed E-state index contributed by atoms with van der Waals surface area (Å²) in [6.45, 7) is 4.75. The van der Waals surface area contributed by atoms with Crippen molar-refractivity contribution in [2.75, 3.05) is 6.54 Å². The van der Waals surface area contributed by atoms with E-state index >= 15 is 0 Å². The summed E-state index contributed by atoms with van der Waals surface area (Å²) in [4.78, 5) is 3.99. The van der Waals surface area contributed by atoms with E-state index in [2.05, 4.69) is 40.1 Å². The fourth-order valence-corrected chi connectivity index (χ4v) is 1.91. The highest BCUT2D eigenvalue weighted by atomic mass is 35.5. The Morgan fingerprint density at radius 3 is 3.06 bits per heavy atom. The van der Waals surface area contributed by atoms with Gasteiger partial charge in [-0.05, 0) is 30.3 Å². The van der Waals surface area contributed by atoms with Gasteiger partial charge in [0.05, 0.1) is 5.02 Å². The van der Waals surface area contributed by atoms with Gasteiger partial charge in [-0.1, -0.05) is 18.5 Å². The SMILES string of the molecule is CCNCc1cccn1Cc1ccncc1Cl. The van der Waals surface area contributed by atoms with Crippen LogP contribution in [-0.4, -0.2) is 16.1 Å². The van der Waals surface area contributed by atoms with Crippen LogP contribution in [0.4, 0.5) is 0 Å². The smallest absolute Gasteiger partial charge is 0.0639 e. The number of hydrogen-bond donors (Lipinski definition) is 1. The second-order valence-electron chi connectivity index (χ2n) is 3.87. The molecular weight excluding hydrogens is 234 g/mol. The highest BCUT2D eigenvalue weighted by molar-refractivity contribution is 6.31. The van der Waals surface area contributed by atoms with Crippen LogP contribution in [0.3, 0.4) is 0 Å². The predicted octanol–water partition coefficient (Wildman–Crippen LogP) is 2.69. The number of rotatable bonds is 5. The maximum atomic E-state index is 6.11. The maximum absolute atomic E-state index is 6.11. The third-order valence-corrected chi connectivity index (χ3v) is 3.02. The molecule has 90 valence electrons. The van der Waals surface area contributed by atoms with E-state index in [1.54, 1.807) is 12.4 Å². The molecule has 0 bridgehead atoms. The van der Waals surface area contributed by atoms with Gasteiger partial charge < -0.3 is 9.88 Å². The van der Waals surface area contributed by atoms with Crippen LogP contribution in [0.25, 0.3) is 0 Å². The Bertz CT molecular complexity index is 479. The largest absolute Gasteiger partial charge is 0.346 e. The van der Waals surface area contributed by atoms with Crippen molar-refractivity contribution in [3.8, 4) is 0 Å². The van der Waals surface area contributed by atoms with Crippen molar-refractivity contribution in [3.05, 3.63) is 53.1 Å². The van der Waals surface area contributed by atoms with Crippen molar-refractivity contribution in [1.82, 2.24) is 14.9 Å². The molecule has 1 N–H and O–H groups in total. The minimum atomic E-state index is 0.718. The van der Waals surface area contributed by atoms with E-state index in [-0.39, 0.29) is 0 Å². The number of nitrogens with zero attached hydrogens (tertiary/aromatic N) is 2. The molecule has 2 rings (SSSR count). The van der Waals surface area contributed by atoms with Crippen LogP contribution in [0, 0.1) is 0 Å². The molecule has 17 heavy (non-hydrogen) atoms. The van der Waals surface area contributed by atoms with Crippen LogP contribution in [0.2, 0.25) is 5.02 Å². The zero-order valence-electron chi connectivity index (χ0n) is 9.86. The van der Waals surface area contributed by atoms with Gasteiger partial charge in [-0.15, -0.1) is 0 Å². The van der Waals surface area contributed by atoms with E-state index in [1.807, 2.05) is 6.07 Å². The van der Waals surface area contributed by atoms with Gasteiger partial charge in [-0.2, -0.15) is 0 Å². The first kappa shape index (κ1) is 12.1. The third-order valence-electron chi connectivity index (χ3n) is 2.68.